The summed E-state index contributed by atoms with van der Waals surface area (Å²) in [6.07, 6.45) is -0.635. The Bertz CT molecular complexity index is 613. The lowest BCUT2D eigenvalue weighted by Gasteiger charge is -2.18. The van der Waals surface area contributed by atoms with Crippen LogP contribution in [-0.2, 0) is 0 Å². The maximum absolute atomic E-state index is 12.1. The molecule has 2 aromatic rings. The Balaban J connectivity index is 2.21. The third kappa shape index (κ3) is 2.94. The SMILES string of the molecule is CCN(C(=O)Oc1ccccc1[N+](=O)[O-])c1cccs1. The topological polar surface area (TPSA) is 72.7 Å². The summed E-state index contributed by atoms with van der Waals surface area (Å²) in [5.41, 5.74) is -0.233. The number of hydrogen-bond donors (Lipinski definition) is 0. The van der Waals surface area contributed by atoms with Crippen molar-refractivity contribution in [2.75, 3.05) is 11.4 Å². The van der Waals surface area contributed by atoms with Gasteiger partial charge in [-0.25, -0.2) is 4.79 Å². The van der Waals surface area contributed by atoms with Crippen LogP contribution < -0.4 is 9.64 Å². The van der Waals surface area contributed by atoms with E-state index < -0.39 is 11.0 Å². The van der Waals surface area contributed by atoms with Crippen LogP contribution >= 0.6 is 11.3 Å². The van der Waals surface area contributed by atoms with Crippen molar-refractivity contribution in [2.45, 2.75) is 6.92 Å². The summed E-state index contributed by atoms with van der Waals surface area (Å²) >= 11 is 1.40. The number of nitro groups is 1. The lowest BCUT2D eigenvalue weighted by Crippen LogP contribution is -2.32. The highest BCUT2D eigenvalue weighted by molar-refractivity contribution is 7.14. The Kier molecular flexibility index (Phi) is 4.31. The van der Waals surface area contributed by atoms with Crippen molar-refractivity contribution in [1.82, 2.24) is 0 Å². The van der Waals surface area contributed by atoms with Crippen LogP contribution in [0.2, 0.25) is 0 Å². The lowest BCUT2D eigenvalue weighted by molar-refractivity contribution is -0.385. The molecule has 20 heavy (non-hydrogen) atoms. The van der Waals surface area contributed by atoms with Gasteiger partial charge in [0.2, 0.25) is 5.75 Å². The van der Waals surface area contributed by atoms with Crippen LogP contribution in [0.25, 0.3) is 0 Å². The van der Waals surface area contributed by atoms with Gasteiger partial charge in [0, 0.05) is 12.6 Å². The van der Waals surface area contributed by atoms with Crippen molar-refractivity contribution in [3.8, 4) is 5.75 Å². The molecular formula is C13H12N2O4S. The summed E-state index contributed by atoms with van der Waals surface area (Å²) < 4.78 is 5.14. The largest absolute Gasteiger partial charge is 0.420 e. The van der Waals surface area contributed by atoms with Crippen molar-refractivity contribution >= 4 is 28.1 Å². The predicted octanol–water partition coefficient (Wildman–Crippen LogP) is 3.68. The van der Waals surface area contributed by atoms with E-state index in [0.29, 0.717) is 6.54 Å². The highest BCUT2D eigenvalue weighted by Crippen LogP contribution is 2.28. The van der Waals surface area contributed by atoms with Gasteiger partial charge >= 0.3 is 11.8 Å². The second-order valence-electron chi connectivity index (χ2n) is 3.79. The third-order valence-electron chi connectivity index (χ3n) is 2.57. The van der Waals surface area contributed by atoms with Crippen molar-refractivity contribution in [3.05, 3.63) is 51.9 Å². The average Bonchev–Trinajstić information content (AvgIpc) is 2.94. The zero-order valence-electron chi connectivity index (χ0n) is 10.7. The Morgan fingerprint density at radius 3 is 2.70 bits per heavy atom. The van der Waals surface area contributed by atoms with Gasteiger partial charge in [-0.15, -0.1) is 11.3 Å². The summed E-state index contributed by atoms with van der Waals surface area (Å²) in [5, 5.41) is 13.4. The maximum Gasteiger partial charge on any atom is 0.420 e. The van der Waals surface area contributed by atoms with Crippen LogP contribution in [0.1, 0.15) is 6.92 Å². The second-order valence-corrected chi connectivity index (χ2v) is 4.71. The van der Waals surface area contributed by atoms with E-state index in [1.54, 1.807) is 19.1 Å². The fourth-order valence-electron chi connectivity index (χ4n) is 1.64. The number of para-hydroxylation sites is 2. The van der Waals surface area contributed by atoms with Gasteiger partial charge < -0.3 is 4.74 Å². The second kappa shape index (κ2) is 6.16. The molecule has 0 saturated heterocycles. The molecule has 0 fully saturated rings. The molecular weight excluding hydrogens is 280 g/mol. The molecule has 0 spiro atoms. The fourth-order valence-corrected chi connectivity index (χ4v) is 2.43. The Labute approximate surface area is 119 Å². The first-order chi connectivity index (χ1) is 9.63. The van der Waals surface area contributed by atoms with Crippen molar-refractivity contribution in [3.63, 3.8) is 0 Å². The first-order valence-electron chi connectivity index (χ1n) is 5.89. The van der Waals surface area contributed by atoms with Crippen LogP contribution in [0.5, 0.6) is 5.75 Å². The Morgan fingerprint density at radius 1 is 1.35 bits per heavy atom. The highest BCUT2D eigenvalue weighted by Gasteiger charge is 2.21. The van der Waals surface area contributed by atoms with Gasteiger partial charge in [-0.05, 0) is 30.5 Å². The average molecular weight is 292 g/mol. The molecule has 2 rings (SSSR count). The first-order valence-corrected chi connectivity index (χ1v) is 6.77. The van der Waals surface area contributed by atoms with Crippen LogP contribution in [-0.4, -0.2) is 17.6 Å². The predicted molar refractivity (Wildman–Crippen MR) is 76.5 cm³/mol. The van der Waals surface area contributed by atoms with E-state index in [1.165, 1.54) is 34.4 Å². The van der Waals surface area contributed by atoms with E-state index in [0.717, 1.165) is 5.00 Å². The summed E-state index contributed by atoms with van der Waals surface area (Å²) in [6.45, 7) is 2.22. The molecule has 0 N–H and O–H groups in total. The van der Waals surface area contributed by atoms with E-state index in [9.17, 15) is 14.9 Å². The monoisotopic (exact) mass is 292 g/mol. The molecule has 0 aliphatic rings. The summed E-state index contributed by atoms with van der Waals surface area (Å²) in [7, 11) is 0. The van der Waals surface area contributed by atoms with Crippen LogP contribution in [0.15, 0.2) is 41.8 Å². The Hall–Kier alpha value is -2.41. The van der Waals surface area contributed by atoms with Crippen LogP contribution in [0.3, 0.4) is 0 Å². The number of thiophene rings is 1. The number of carbonyl (C=O) groups excluding carboxylic acids is 1. The third-order valence-corrected chi connectivity index (χ3v) is 3.46. The number of amides is 1. The number of hydrogen-bond acceptors (Lipinski definition) is 5. The molecule has 104 valence electrons. The molecule has 0 unspecified atom stereocenters. The smallest absolute Gasteiger partial charge is 0.403 e. The Morgan fingerprint density at radius 2 is 2.10 bits per heavy atom. The molecule has 0 saturated carbocycles. The standard InChI is InChI=1S/C13H12N2O4S/c1-2-14(12-8-5-9-20-12)13(16)19-11-7-4-3-6-10(11)15(17)18/h3-9H,2H2,1H3. The molecule has 6 nitrogen and oxygen atoms in total. The number of nitrogens with zero attached hydrogens (tertiary/aromatic N) is 2. The minimum absolute atomic E-state index is 0.0579. The van der Waals surface area contributed by atoms with E-state index in [4.69, 9.17) is 4.74 Å². The van der Waals surface area contributed by atoms with Crippen LogP contribution in [0.4, 0.5) is 15.5 Å². The van der Waals surface area contributed by atoms with Crippen molar-refractivity contribution < 1.29 is 14.5 Å². The zero-order valence-corrected chi connectivity index (χ0v) is 11.5. The van der Waals surface area contributed by atoms with Crippen molar-refractivity contribution in [2.24, 2.45) is 0 Å². The molecule has 0 aliphatic heterocycles. The molecule has 1 amide bonds. The van der Waals surface area contributed by atoms with Crippen molar-refractivity contribution in [1.29, 1.82) is 0 Å². The van der Waals surface area contributed by atoms with Crippen LogP contribution in [0, 0.1) is 10.1 Å². The maximum atomic E-state index is 12.1. The first kappa shape index (κ1) is 14.0. The van der Waals surface area contributed by atoms with E-state index in [-0.39, 0.29) is 11.4 Å². The van der Waals surface area contributed by atoms with E-state index in [2.05, 4.69) is 0 Å². The number of carbonyl (C=O) groups is 1. The molecule has 1 aromatic heterocycles. The molecule has 0 aliphatic carbocycles. The molecule has 0 bridgehead atoms. The van der Waals surface area contributed by atoms with Gasteiger partial charge in [0.25, 0.3) is 0 Å². The number of rotatable bonds is 4. The number of ether oxygens (including phenoxy) is 1. The molecule has 7 heteroatoms. The summed E-state index contributed by atoms with van der Waals surface area (Å²) in [6, 6.07) is 9.40. The number of anilines is 1. The number of nitro benzene ring substituents is 1. The van der Waals surface area contributed by atoms with Gasteiger partial charge in [-0.2, -0.15) is 0 Å². The molecule has 0 atom stereocenters. The lowest BCUT2D eigenvalue weighted by atomic mass is 10.3. The minimum Gasteiger partial charge on any atom is -0.403 e. The number of benzene rings is 1. The van der Waals surface area contributed by atoms with Gasteiger partial charge in [-0.1, -0.05) is 12.1 Å². The van der Waals surface area contributed by atoms with E-state index >= 15 is 0 Å². The van der Waals surface area contributed by atoms with Gasteiger partial charge in [0.1, 0.15) is 5.00 Å². The minimum atomic E-state index is -0.635. The zero-order chi connectivity index (χ0) is 14.5. The molecule has 0 radical (unpaired) electrons. The summed E-state index contributed by atoms with van der Waals surface area (Å²) in [5.74, 6) is -0.0579. The highest BCUT2D eigenvalue weighted by atomic mass is 32.1. The molecule has 1 aromatic carbocycles. The van der Waals surface area contributed by atoms with Gasteiger partial charge in [0.15, 0.2) is 0 Å². The van der Waals surface area contributed by atoms with Gasteiger partial charge in [-0.3, -0.25) is 15.0 Å². The normalized spacial score (nSPS) is 10.1. The fraction of sp³-hybridized carbons (Fsp3) is 0.154. The summed E-state index contributed by atoms with van der Waals surface area (Å²) in [4.78, 5) is 23.8. The quantitative estimate of drug-likeness (QED) is 0.636. The molecule has 1 heterocycles. The van der Waals surface area contributed by atoms with Gasteiger partial charge in [0.05, 0.1) is 4.92 Å². The van der Waals surface area contributed by atoms with E-state index in [1.807, 2.05) is 11.4 Å².